The van der Waals surface area contributed by atoms with Crippen LogP contribution in [0.2, 0.25) is 0 Å². The molecule has 0 bridgehead atoms. The van der Waals surface area contributed by atoms with Crippen molar-refractivity contribution in [2.24, 2.45) is 5.73 Å². The van der Waals surface area contributed by atoms with Gasteiger partial charge in [-0.25, -0.2) is 0 Å². The van der Waals surface area contributed by atoms with Gasteiger partial charge in [0.05, 0.1) is 9.35 Å². The van der Waals surface area contributed by atoms with Crippen molar-refractivity contribution < 1.29 is 13.2 Å². The summed E-state index contributed by atoms with van der Waals surface area (Å²) in [4.78, 5) is 1.59. The Morgan fingerprint density at radius 2 is 1.95 bits per heavy atom. The first kappa shape index (κ1) is 16.3. The standard InChI is InChI=1S/C14H14BrF3N2S/c1-20(7-10-5-13(15)21-8-10)12-3-2-9(6-19)4-11(12)14(16,17)18/h2-5,8H,6-7,19H2,1H3. The molecule has 114 valence electrons. The maximum atomic E-state index is 13.2. The first-order chi connectivity index (χ1) is 9.81. The van der Waals surface area contributed by atoms with Crippen molar-refractivity contribution in [1.29, 1.82) is 0 Å². The molecule has 1 heterocycles. The van der Waals surface area contributed by atoms with Gasteiger partial charge in [-0.1, -0.05) is 6.07 Å². The van der Waals surface area contributed by atoms with Gasteiger partial charge in [-0.3, -0.25) is 0 Å². The molecule has 0 unspecified atom stereocenters. The number of rotatable bonds is 4. The molecule has 21 heavy (non-hydrogen) atoms. The second-order valence-corrected chi connectivity index (χ2v) is 6.96. The van der Waals surface area contributed by atoms with Crippen LogP contribution in [0.3, 0.4) is 0 Å². The molecule has 0 atom stereocenters. The molecular formula is C14H14BrF3N2S. The first-order valence-corrected chi connectivity index (χ1v) is 7.82. The smallest absolute Gasteiger partial charge is 0.370 e. The van der Waals surface area contributed by atoms with Crippen LogP contribution in [0.1, 0.15) is 16.7 Å². The molecule has 0 aliphatic heterocycles. The van der Waals surface area contributed by atoms with Crippen molar-refractivity contribution in [2.75, 3.05) is 11.9 Å². The maximum Gasteiger partial charge on any atom is 0.418 e. The Kier molecular flexibility index (Phi) is 4.95. The normalized spacial score (nSPS) is 11.7. The number of benzene rings is 1. The summed E-state index contributed by atoms with van der Waals surface area (Å²) in [6.45, 7) is 0.498. The van der Waals surface area contributed by atoms with Crippen LogP contribution in [-0.2, 0) is 19.3 Å². The third kappa shape index (κ3) is 3.99. The lowest BCUT2D eigenvalue weighted by atomic mass is 10.1. The van der Waals surface area contributed by atoms with Crippen LogP contribution in [0.4, 0.5) is 18.9 Å². The summed E-state index contributed by atoms with van der Waals surface area (Å²) in [5.41, 5.74) is 6.37. The van der Waals surface area contributed by atoms with Crippen LogP contribution in [0.25, 0.3) is 0 Å². The molecule has 0 saturated heterocycles. The summed E-state index contributed by atoms with van der Waals surface area (Å²) >= 11 is 4.86. The molecule has 7 heteroatoms. The molecule has 1 aromatic heterocycles. The van der Waals surface area contributed by atoms with E-state index in [0.29, 0.717) is 12.1 Å². The lowest BCUT2D eigenvalue weighted by Gasteiger charge is -2.23. The second-order valence-electron chi connectivity index (χ2n) is 4.67. The maximum absolute atomic E-state index is 13.2. The van der Waals surface area contributed by atoms with E-state index < -0.39 is 11.7 Å². The number of alkyl halides is 3. The highest BCUT2D eigenvalue weighted by atomic mass is 79.9. The van der Waals surface area contributed by atoms with Crippen LogP contribution in [0, 0.1) is 0 Å². The monoisotopic (exact) mass is 378 g/mol. The van der Waals surface area contributed by atoms with E-state index in [2.05, 4.69) is 15.9 Å². The molecule has 0 fully saturated rings. The van der Waals surface area contributed by atoms with Gasteiger partial charge < -0.3 is 10.6 Å². The highest BCUT2D eigenvalue weighted by molar-refractivity contribution is 9.11. The minimum atomic E-state index is -4.40. The number of halogens is 4. The van der Waals surface area contributed by atoms with E-state index in [1.165, 1.54) is 17.4 Å². The SMILES string of the molecule is CN(Cc1csc(Br)c1)c1ccc(CN)cc1C(F)(F)F. The average Bonchev–Trinajstić information content (AvgIpc) is 2.82. The molecular weight excluding hydrogens is 365 g/mol. The van der Waals surface area contributed by atoms with E-state index in [1.807, 2.05) is 11.4 Å². The highest BCUT2D eigenvalue weighted by Crippen LogP contribution is 2.37. The molecule has 0 amide bonds. The zero-order valence-corrected chi connectivity index (χ0v) is 13.6. The van der Waals surface area contributed by atoms with Gasteiger partial charge >= 0.3 is 6.18 Å². The molecule has 2 N–H and O–H groups in total. The number of nitrogens with zero attached hydrogens (tertiary/aromatic N) is 1. The fourth-order valence-electron chi connectivity index (χ4n) is 2.06. The summed E-state index contributed by atoms with van der Waals surface area (Å²) < 4.78 is 40.5. The number of nitrogens with two attached hydrogens (primary N) is 1. The van der Waals surface area contributed by atoms with Crippen molar-refractivity contribution in [3.05, 3.63) is 50.1 Å². The van der Waals surface area contributed by atoms with Gasteiger partial charge in [0.2, 0.25) is 0 Å². The van der Waals surface area contributed by atoms with Crippen LogP contribution in [0.15, 0.2) is 33.4 Å². The molecule has 0 saturated carbocycles. The Hall–Kier alpha value is -1.05. The summed E-state index contributed by atoms with van der Waals surface area (Å²) in [5, 5.41) is 1.92. The molecule has 2 rings (SSSR count). The minimum Gasteiger partial charge on any atom is -0.370 e. The van der Waals surface area contributed by atoms with E-state index in [1.54, 1.807) is 18.0 Å². The van der Waals surface area contributed by atoms with Gasteiger partial charge in [-0.2, -0.15) is 13.2 Å². The zero-order valence-electron chi connectivity index (χ0n) is 11.2. The van der Waals surface area contributed by atoms with E-state index in [9.17, 15) is 13.2 Å². The molecule has 0 aliphatic carbocycles. The number of hydrogen-bond donors (Lipinski definition) is 1. The van der Waals surface area contributed by atoms with E-state index >= 15 is 0 Å². The molecule has 2 aromatic rings. The first-order valence-electron chi connectivity index (χ1n) is 6.15. The lowest BCUT2D eigenvalue weighted by Crippen LogP contribution is -2.21. The molecule has 0 spiro atoms. The summed E-state index contributed by atoms with van der Waals surface area (Å²) in [6.07, 6.45) is -4.40. The molecule has 2 nitrogen and oxygen atoms in total. The Balaban J connectivity index is 2.33. The van der Waals surface area contributed by atoms with Crippen molar-refractivity contribution in [3.8, 4) is 0 Å². The predicted octanol–water partition coefficient (Wildman–Crippen LogP) is 4.62. The fraction of sp³-hybridized carbons (Fsp3) is 0.286. The number of hydrogen-bond acceptors (Lipinski definition) is 3. The van der Waals surface area contributed by atoms with E-state index in [-0.39, 0.29) is 12.2 Å². The Morgan fingerprint density at radius 1 is 1.24 bits per heavy atom. The van der Waals surface area contributed by atoms with Gasteiger partial charge in [0.1, 0.15) is 0 Å². The van der Waals surface area contributed by atoms with E-state index in [4.69, 9.17) is 5.73 Å². The lowest BCUT2D eigenvalue weighted by molar-refractivity contribution is -0.137. The highest BCUT2D eigenvalue weighted by Gasteiger charge is 2.34. The molecule has 0 aliphatic rings. The van der Waals surface area contributed by atoms with Crippen LogP contribution < -0.4 is 10.6 Å². The summed E-state index contributed by atoms with van der Waals surface area (Å²) in [7, 11) is 1.65. The Morgan fingerprint density at radius 3 is 2.48 bits per heavy atom. The van der Waals surface area contributed by atoms with Crippen molar-refractivity contribution >= 4 is 33.0 Å². The zero-order chi connectivity index (χ0) is 15.6. The Labute approximate surface area is 133 Å². The third-order valence-electron chi connectivity index (χ3n) is 3.05. The third-order valence-corrected chi connectivity index (χ3v) is 4.61. The predicted molar refractivity (Wildman–Crippen MR) is 83.5 cm³/mol. The van der Waals surface area contributed by atoms with Crippen molar-refractivity contribution in [2.45, 2.75) is 19.3 Å². The summed E-state index contributed by atoms with van der Waals surface area (Å²) in [6, 6.07) is 6.13. The second kappa shape index (κ2) is 6.37. The van der Waals surface area contributed by atoms with Crippen molar-refractivity contribution in [1.82, 2.24) is 0 Å². The van der Waals surface area contributed by atoms with Gasteiger partial charge in [0.25, 0.3) is 0 Å². The topological polar surface area (TPSA) is 29.3 Å². The van der Waals surface area contributed by atoms with Gasteiger partial charge in [-0.15, -0.1) is 11.3 Å². The van der Waals surface area contributed by atoms with Crippen LogP contribution in [-0.4, -0.2) is 7.05 Å². The molecule has 0 radical (unpaired) electrons. The number of anilines is 1. The fourth-order valence-corrected chi connectivity index (χ4v) is 3.26. The average molecular weight is 379 g/mol. The number of thiophene rings is 1. The quantitative estimate of drug-likeness (QED) is 0.840. The molecule has 1 aromatic carbocycles. The van der Waals surface area contributed by atoms with Gasteiger partial charge in [-0.05, 0) is 50.6 Å². The largest absolute Gasteiger partial charge is 0.418 e. The van der Waals surface area contributed by atoms with Crippen LogP contribution in [0.5, 0.6) is 0 Å². The van der Waals surface area contributed by atoms with E-state index in [0.717, 1.165) is 15.4 Å². The Bertz CT molecular complexity index is 625. The minimum absolute atomic E-state index is 0.0878. The van der Waals surface area contributed by atoms with Gasteiger partial charge in [0, 0.05) is 25.8 Å². The summed E-state index contributed by atoms with van der Waals surface area (Å²) in [5.74, 6) is 0. The van der Waals surface area contributed by atoms with Crippen molar-refractivity contribution in [3.63, 3.8) is 0 Å². The van der Waals surface area contributed by atoms with Crippen LogP contribution >= 0.6 is 27.3 Å². The van der Waals surface area contributed by atoms with Gasteiger partial charge in [0.15, 0.2) is 0 Å².